The Hall–Kier alpha value is -1.84. The Kier molecular flexibility index (Phi) is 2.41. The van der Waals surface area contributed by atoms with Gasteiger partial charge in [0.15, 0.2) is 5.76 Å². The maximum Gasteiger partial charge on any atom is 0.292 e. The fourth-order valence-electron chi connectivity index (χ4n) is 1.44. The van der Waals surface area contributed by atoms with E-state index in [2.05, 4.69) is 4.98 Å². The van der Waals surface area contributed by atoms with Crippen molar-refractivity contribution in [3.63, 3.8) is 0 Å². The first-order valence-electron chi connectivity index (χ1n) is 4.72. The zero-order chi connectivity index (χ0) is 10.8. The van der Waals surface area contributed by atoms with Crippen molar-refractivity contribution in [3.8, 4) is 11.3 Å². The van der Waals surface area contributed by atoms with E-state index in [1.807, 2.05) is 6.92 Å². The van der Waals surface area contributed by atoms with Gasteiger partial charge in [-0.25, -0.2) is 4.39 Å². The number of hydrogen-bond acceptors (Lipinski definition) is 3. The predicted molar refractivity (Wildman–Crippen MR) is 55.7 cm³/mol. The molecule has 78 valence electrons. The predicted octanol–water partition coefficient (Wildman–Crippen LogP) is 2.63. The lowest BCUT2D eigenvalue weighted by molar-refractivity contribution is 0.592. The van der Waals surface area contributed by atoms with E-state index in [4.69, 9.17) is 10.2 Å². The molecule has 1 aromatic heterocycles. The third-order valence-corrected chi connectivity index (χ3v) is 2.16. The average molecular weight is 206 g/mol. The third-order valence-electron chi connectivity index (χ3n) is 2.16. The van der Waals surface area contributed by atoms with Gasteiger partial charge in [-0.05, 0) is 30.7 Å². The van der Waals surface area contributed by atoms with Crippen molar-refractivity contribution in [2.24, 2.45) is 0 Å². The number of aromatic nitrogens is 1. The number of nitrogens with two attached hydrogens (primary N) is 1. The Balaban J connectivity index is 2.48. The molecule has 2 rings (SSSR count). The topological polar surface area (TPSA) is 52.0 Å². The average Bonchev–Trinajstić information content (AvgIpc) is 2.61. The molecule has 0 bridgehead atoms. The van der Waals surface area contributed by atoms with Crippen LogP contribution in [0.4, 0.5) is 10.4 Å². The molecule has 2 N–H and O–H groups in total. The molecular weight excluding hydrogens is 195 g/mol. The second-order valence-electron chi connectivity index (χ2n) is 3.19. The van der Waals surface area contributed by atoms with E-state index in [0.717, 1.165) is 17.7 Å². The zero-order valence-corrected chi connectivity index (χ0v) is 8.33. The summed E-state index contributed by atoms with van der Waals surface area (Å²) >= 11 is 0. The van der Waals surface area contributed by atoms with Gasteiger partial charge in [-0.15, -0.1) is 0 Å². The summed E-state index contributed by atoms with van der Waals surface area (Å²) < 4.78 is 18.0. The molecule has 0 fully saturated rings. The first kappa shape index (κ1) is 9.71. The van der Waals surface area contributed by atoms with Crippen molar-refractivity contribution in [1.82, 2.24) is 4.98 Å². The highest BCUT2D eigenvalue weighted by molar-refractivity contribution is 5.60. The molecule has 0 radical (unpaired) electrons. The van der Waals surface area contributed by atoms with E-state index in [1.165, 1.54) is 12.1 Å². The van der Waals surface area contributed by atoms with Gasteiger partial charge in [-0.1, -0.05) is 6.92 Å². The highest BCUT2D eigenvalue weighted by Gasteiger charge is 2.11. The molecule has 0 atom stereocenters. The van der Waals surface area contributed by atoms with Gasteiger partial charge < -0.3 is 10.2 Å². The first-order valence-corrected chi connectivity index (χ1v) is 4.72. The van der Waals surface area contributed by atoms with Crippen LogP contribution in [0.25, 0.3) is 11.3 Å². The van der Waals surface area contributed by atoms with Crippen LogP contribution in [0.5, 0.6) is 0 Å². The molecule has 0 saturated carbocycles. The Morgan fingerprint density at radius 3 is 2.60 bits per heavy atom. The number of nitrogen functional groups attached to an aromatic ring is 1. The van der Waals surface area contributed by atoms with Gasteiger partial charge in [0, 0.05) is 5.56 Å². The summed E-state index contributed by atoms with van der Waals surface area (Å²) in [6.45, 7) is 1.96. The van der Waals surface area contributed by atoms with Gasteiger partial charge in [-0.2, -0.15) is 4.98 Å². The van der Waals surface area contributed by atoms with Crippen molar-refractivity contribution < 1.29 is 8.81 Å². The standard InChI is InChI=1S/C11H11FN2O/c1-2-9-10(15-11(13)14-9)7-3-5-8(12)6-4-7/h3-6H,2H2,1H3,(H2,13,14). The van der Waals surface area contributed by atoms with Gasteiger partial charge in [-0.3, -0.25) is 0 Å². The van der Waals surface area contributed by atoms with Crippen molar-refractivity contribution in [2.75, 3.05) is 5.73 Å². The monoisotopic (exact) mass is 206 g/mol. The van der Waals surface area contributed by atoms with E-state index in [0.29, 0.717) is 5.76 Å². The fourth-order valence-corrected chi connectivity index (χ4v) is 1.44. The van der Waals surface area contributed by atoms with E-state index in [1.54, 1.807) is 12.1 Å². The molecule has 0 unspecified atom stereocenters. The van der Waals surface area contributed by atoms with Crippen LogP contribution in [0.2, 0.25) is 0 Å². The molecule has 3 nitrogen and oxygen atoms in total. The van der Waals surface area contributed by atoms with E-state index in [9.17, 15) is 4.39 Å². The van der Waals surface area contributed by atoms with Crippen molar-refractivity contribution in [3.05, 3.63) is 35.8 Å². The quantitative estimate of drug-likeness (QED) is 0.821. The lowest BCUT2D eigenvalue weighted by Gasteiger charge is -1.98. The number of oxazole rings is 1. The number of rotatable bonds is 2. The molecule has 0 amide bonds. The molecule has 4 heteroatoms. The maximum absolute atomic E-state index is 12.7. The summed E-state index contributed by atoms with van der Waals surface area (Å²) in [4.78, 5) is 4.05. The highest BCUT2D eigenvalue weighted by atomic mass is 19.1. The number of aryl methyl sites for hydroxylation is 1. The van der Waals surface area contributed by atoms with E-state index >= 15 is 0 Å². The highest BCUT2D eigenvalue weighted by Crippen LogP contribution is 2.26. The molecule has 1 heterocycles. The van der Waals surface area contributed by atoms with Crippen LogP contribution in [0.15, 0.2) is 28.7 Å². The third kappa shape index (κ3) is 1.83. The Bertz CT molecular complexity index is 462. The maximum atomic E-state index is 12.7. The van der Waals surface area contributed by atoms with Crippen LogP contribution >= 0.6 is 0 Å². The van der Waals surface area contributed by atoms with E-state index in [-0.39, 0.29) is 11.8 Å². The molecule has 0 saturated heterocycles. The van der Waals surface area contributed by atoms with Crippen LogP contribution in [-0.4, -0.2) is 4.98 Å². The van der Waals surface area contributed by atoms with Crippen LogP contribution in [-0.2, 0) is 6.42 Å². The summed E-state index contributed by atoms with van der Waals surface area (Å²) in [6, 6.07) is 6.20. The van der Waals surface area contributed by atoms with E-state index < -0.39 is 0 Å². The van der Waals surface area contributed by atoms with Crippen LogP contribution in [0.1, 0.15) is 12.6 Å². The van der Waals surface area contributed by atoms with Gasteiger partial charge in [0.1, 0.15) is 5.82 Å². The second-order valence-corrected chi connectivity index (χ2v) is 3.19. The normalized spacial score (nSPS) is 10.5. The number of hydrogen-bond donors (Lipinski definition) is 1. The van der Waals surface area contributed by atoms with Gasteiger partial charge in [0.05, 0.1) is 5.69 Å². The van der Waals surface area contributed by atoms with Gasteiger partial charge in [0.25, 0.3) is 6.01 Å². The van der Waals surface area contributed by atoms with Gasteiger partial charge >= 0.3 is 0 Å². The Morgan fingerprint density at radius 1 is 1.33 bits per heavy atom. The molecule has 0 aliphatic heterocycles. The Labute approximate surface area is 86.7 Å². The van der Waals surface area contributed by atoms with Crippen LogP contribution in [0, 0.1) is 5.82 Å². The minimum atomic E-state index is -0.274. The van der Waals surface area contributed by atoms with Crippen LogP contribution < -0.4 is 5.73 Å². The molecule has 2 aromatic rings. The molecule has 1 aromatic carbocycles. The molecule has 0 spiro atoms. The molecule has 15 heavy (non-hydrogen) atoms. The molecular formula is C11H11FN2O. The smallest absolute Gasteiger partial charge is 0.292 e. The minimum Gasteiger partial charge on any atom is -0.423 e. The first-order chi connectivity index (χ1) is 7.20. The van der Waals surface area contributed by atoms with Gasteiger partial charge in [0.2, 0.25) is 0 Å². The van der Waals surface area contributed by atoms with Crippen molar-refractivity contribution >= 4 is 6.01 Å². The van der Waals surface area contributed by atoms with Crippen LogP contribution in [0.3, 0.4) is 0 Å². The summed E-state index contributed by atoms with van der Waals surface area (Å²) in [5.74, 6) is 0.347. The zero-order valence-electron chi connectivity index (χ0n) is 8.33. The summed E-state index contributed by atoms with van der Waals surface area (Å²) in [7, 11) is 0. The second kappa shape index (κ2) is 3.73. The molecule has 0 aliphatic carbocycles. The largest absolute Gasteiger partial charge is 0.423 e. The van der Waals surface area contributed by atoms with Crippen molar-refractivity contribution in [1.29, 1.82) is 0 Å². The SMILES string of the molecule is CCc1nc(N)oc1-c1ccc(F)cc1. The number of anilines is 1. The Morgan fingerprint density at radius 2 is 2.00 bits per heavy atom. The lowest BCUT2D eigenvalue weighted by atomic mass is 10.1. The minimum absolute atomic E-state index is 0.145. The number of nitrogens with zero attached hydrogens (tertiary/aromatic N) is 1. The van der Waals surface area contributed by atoms with Crippen molar-refractivity contribution in [2.45, 2.75) is 13.3 Å². The lowest BCUT2D eigenvalue weighted by Crippen LogP contribution is -1.86. The number of benzene rings is 1. The number of halogens is 1. The summed E-state index contributed by atoms with van der Waals surface area (Å²) in [6.07, 6.45) is 0.730. The summed E-state index contributed by atoms with van der Waals surface area (Å²) in [5, 5.41) is 0. The fraction of sp³-hybridized carbons (Fsp3) is 0.182. The molecule has 0 aliphatic rings. The summed E-state index contributed by atoms with van der Waals surface area (Å²) in [5.41, 5.74) is 7.05.